The second-order valence-corrected chi connectivity index (χ2v) is 11.2. The SMILES string of the molecule is CCOC(=O)c1c(C)oc2c1c(C(c1ccnc(OCC3CCCCC3)c1)N1CCNCC1)c(O)c1ccccc12. The molecule has 2 N–H and O–H groups in total. The topological polar surface area (TPSA) is 97.1 Å². The van der Waals surface area contributed by atoms with E-state index >= 15 is 0 Å². The zero-order valence-electron chi connectivity index (χ0n) is 23.9. The van der Waals surface area contributed by atoms with E-state index in [1.165, 1.54) is 32.1 Å². The standard InChI is InChI=1S/C33H39N3O5/c1-3-39-33(38)27-21(2)41-32-25-12-8-7-11-24(25)31(37)29(28(27)32)30(36-17-15-34-16-18-36)23-13-14-35-26(19-23)40-20-22-9-5-4-6-10-22/h7-8,11-14,19,22,30,34,37H,3-6,9-10,15-18,20H2,1-2H3. The zero-order chi connectivity index (χ0) is 28.3. The van der Waals surface area contributed by atoms with E-state index < -0.39 is 5.97 Å². The van der Waals surface area contributed by atoms with E-state index in [0.717, 1.165) is 37.1 Å². The van der Waals surface area contributed by atoms with Gasteiger partial charge in [0.1, 0.15) is 22.7 Å². The largest absolute Gasteiger partial charge is 0.507 e. The highest BCUT2D eigenvalue weighted by Gasteiger charge is 2.34. The van der Waals surface area contributed by atoms with Gasteiger partial charge in [-0.2, -0.15) is 0 Å². The normalized spacial score (nSPS) is 17.6. The number of rotatable bonds is 8. The number of aromatic hydroxyl groups is 1. The Morgan fingerprint density at radius 1 is 1.15 bits per heavy atom. The summed E-state index contributed by atoms with van der Waals surface area (Å²) in [6.45, 7) is 7.65. The Morgan fingerprint density at radius 3 is 2.66 bits per heavy atom. The van der Waals surface area contributed by atoms with Crippen LogP contribution in [0, 0.1) is 12.8 Å². The number of carbonyl (C=O) groups excluding carboxylic acids is 1. The molecular formula is C33H39N3O5. The fraction of sp³-hybridized carbons (Fsp3) is 0.455. The summed E-state index contributed by atoms with van der Waals surface area (Å²) >= 11 is 0. The molecule has 1 aliphatic carbocycles. The van der Waals surface area contributed by atoms with Crippen LogP contribution in [0.3, 0.4) is 0 Å². The predicted molar refractivity (Wildman–Crippen MR) is 159 cm³/mol. The molecule has 8 heteroatoms. The number of carbonyl (C=O) groups is 1. The Hall–Kier alpha value is -3.62. The predicted octanol–water partition coefficient (Wildman–Crippen LogP) is 6.13. The number of piperazine rings is 1. The van der Waals surface area contributed by atoms with Gasteiger partial charge in [-0.1, -0.05) is 43.5 Å². The van der Waals surface area contributed by atoms with Crippen molar-refractivity contribution in [1.82, 2.24) is 15.2 Å². The molecule has 1 saturated carbocycles. The lowest BCUT2D eigenvalue weighted by atomic mass is 9.89. The number of ether oxygens (including phenoxy) is 2. The van der Waals surface area contributed by atoms with Crippen molar-refractivity contribution in [3.63, 3.8) is 0 Å². The summed E-state index contributed by atoms with van der Waals surface area (Å²) in [5.74, 6) is 1.30. The van der Waals surface area contributed by atoms with E-state index in [4.69, 9.17) is 13.9 Å². The van der Waals surface area contributed by atoms with Gasteiger partial charge in [-0.05, 0) is 44.2 Å². The molecule has 1 saturated heterocycles. The first-order valence-electron chi connectivity index (χ1n) is 14.9. The molecule has 216 valence electrons. The lowest BCUT2D eigenvalue weighted by molar-refractivity contribution is 0.0526. The second kappa shape index (κ2) is 12.1. The van der Waals surface area contributed by atoms with Crippen LogP contribution in [0.2, 0.25) is 0 Å². The molecule has 2 aromatic carbocycles. The molecule has 0 amide bonds. The Kier molecular flexibility index (Phi) is 8.12. The minimum absolute atomic E-state index is 0.143. The molecule has 6 rings (SSSR count). The van der Waals surface area contributed by atoms with Gasteiger partial charge in [0.25, 0.3) is 0 Å². The van der Waals surface area contributed by atoms with Crippen molar-refractivity contribution in [2.45, 2.75) is 52.0 Å². The van der Waals surface area contributed by atoms with E-state index in [9.17, 15) is 9.90 Å². The minimum Gasteiger partial charge on any atom is -0.507 e. The van der Waals surface area contributed by atoms with Gasteiger partial charge in [0.15, 0.2) is 0 Å². The summed E-state index contributed by atoms with van der Waals surface area (Å²) in [6, 6.07) is 11.2. The number of pyridine rings is 1. The highest BCUT2D eigenvalue weighted by Crippen LogP contribution is 2.47. The van der Waals surface area contributed by atoms with Crippen LogP contribution in [0.5, 0.6) is 11.6 Å². The maximum atomic E-state index is 13.3. The Labute approximate surface area is 240 Å². The first kappa shape index (κ1) is 27.5. The first-order valence-corrected chi connectivity index (χ1v) is 14.9. The summed E-state index contributed by atoms with van der Waals surface area (Å²) in [5, 5.41) is 17.5. The van der Waals surface area contributed by atoms with Crippen molar-refractivity contribution in [2.75, 3.05) is 39.4 Å². The third kappa shape index (κ3) is 5.38. The molecule has 8 nitrogen and oxygen atoms in total. The average Bonchev–Trinajstić information content (AvgIpc) is 3.36. The van der Waals surface area contributed by atoms with Gasteiger partial charge in [0.2, 0.25) is 5.88 Å². The number of benzene rings is 2. The van der Waals surface area contributed by atoms with Crippen molar-refractivity contribution < 1.29 is 23.8 Å². The van der Waals surface area contributed by atoms with Gasteiger partial charge in [-0.25, -0.2) is 9.78 Å². The molecule has 1 atom stereocenters. The summed E-state index contributed by atoms with van der Waals surface area (Å²) in [7, 11) is 0. The summed E-state index contributed by atoms with van der Waals surface area (Å²) in [4.78, 5) is 20.2. The Balaban J connectivity index is 1.53. The molecule has 4 aromatic rings. The number of esters is 1. The Morgan fingerprint density at radius 2 is 1.90 bits per heavy atom. The molecular weight excluding hydrogens is 518 g/mol. The van der Waals surface area contributed by atoms with Crippen molar-refractivity contribution in [3.05, 3.63) is 65.0 Å². The number of phenols is 1. The molecule has 2 aliphatic rings. The molecule has 2 fully saturated rings. The number of nitrogens with zero attached hydrogens (tertiary/aromatic N) is 2. The van der Waals surface area contributed by atoms with E-state index in [-0.39, 0.29) is 18.4 Å². The number of furan rings is 1. The highest BCUT2D eigenvalue weighted by molar-refractivity contribution is 6.16. The van der Waals surface area contributed by atoms with Crippen molar-refractivity contribution in [1.29, 1.82) is 0 Å². The number of hydrogen-bond acceptors (Lipinski definition) is 8. The monoisotopic (exact) mass is 557 g/mol. The third-order valence-electron chi connectivity index (χ3n) is 8.57. The van der Waals surface area contributed by atoms with E-state index in [0.29, 0.717) is 51.6 Å². The molecule has 1 unspecified atom stereocenters. The number of nitrogens with one attached hydrogen (secondary N) is 1. The summed E-state index contributed by atoms with van der Waals surface area (Å²) < 4.78 is 18.0. The van der Waals surface area contributed by atoms with Gasteiger partial charge in [-0.3, -0.25) is 4.90 Å². The van der Waals surface area contributed by atoms with Gasteiger partial charge in [0, 0.05) is 60.2 Å². The van der Waals surface area contributed by atoms with Crippen LogP contribution in [0.15, 0.2) is 47.0 Å². The fourth-order valence-corrected chi connectivity index (χ4v) is 6.59. The number of hydrogen-bond donors (Lipinski definition) is 2. The van der Waals surface area contributed by atoms with Crippen molar-refractivity contribution >= 4 is 27.7 Å². The number of aryl methyl sites for hydroxylation is 1. The Bertz CT molecular complexity index is 1540. The maximum Gasteiger partial charge on any atom is 0.342 e. The molecule has 0 bridgehead atoms. The van der Waals surface area contributed by atoms with Gasteiger partial charge in [-0.15, -0.1) is 0 Å². The van der Waals surface area contributed by atoms with Crippen LogP contribution < -0.4 is 10.1 Å². The molecule has 2 aromatic heterocycles. The molecule has 1 aliphatic heterocycles. The smallest absolute Gasteiger partial charge is 0.342 e. The van der Waals surface area contributed by atoms with Crippen LogP contribution in [0.1, 0.15) is 72.3 Å². The quantitative estimate of drug-likeness (QED) is 0.250. The lowest BCUT2D eigenvalue weighted by Crippen LogP contribution is -2.45. The van der Waals surface area contributed by atoms with Gasteiger partial charge in [0.05, 0.1) is 19.3 Å². The molecule has 0 radical (unpaired) electrons. The van der Waals surface area contributed by atoms with E-state index in [2.05, 4.69) is 15.2 Å². The fourth-order valence-electron chi connectivity index (χ4n) is 6.59. The van der Waals surface area contributed by atoms with E-state index in [1.54, 1.807) is 20.0 Å². The number of aromatic nitrogens is 1. The number of fused-ring (bicyclic) bond motifs is 3. The second-order valence-electron chi connectivity index (χ2n) is 11.2. The van der Waals surface area contributed by atoms with Crippen molar-refractivity contribution in [2.24, 2.45) is 5.92 Å². The first-order chi connectivity index (χ1) is 20.1. The third-order valence-corrected chi connectivity index (χ3v) is 8.57. The lowest BCUT2D eigenvalue weighted by Gasteiger charge is -2.36. The zero-order valence-corrected chi connectivity index (χ0v) is 23.9. The van der Waals surface area contributed by atoms with Crippen LogP contribution in [-0.4, -0.2) is 60.4 Å². The van der Waals surface area contributed by atoms with Gasteiger partial charge >= 0.3 is 5.97 Å². The minimum atomic E-state index is -0.454. The molecule has 3 heterocycles. The van der Waals surface area contributed by atoms with Gasteiger partial charge < -0.3 is 24.3 Å². The van der Waals surface area contributed by atoms with Crippen LogP contribution in [-0.2, 0) is 4.74 Å². The van der Waals surface area contributed by atoms with Crippen LogP contribution in [0.25, 0.3) is 21.7 Å². The van der Waals surface area contributed by atoms with Crippen LogP contribution >= 0.6 is 0 Å². The summed E-state index contributed by atoms with van der Waals surface area (Å²) in [5.41, 5.74) is 2.53. The van der Waals surface area contributed by atoms with Crippen LogP contribution in [0.4, 0.5) is 0 Å². The molecule has 41 heavy (non-hydrogen) atoms. The van der Waals surface area contributed by atoms with E-state index in [1.807, 2.05) is 36.4 Å². The maximum absolute atomic E-state index is 13.3. The van der Waals surface area contributed by atoms with Crippen molar-refractivity contribution in [3.8, 4) is 11.6 Å². The number of phenolic OH excluding ortho intramolecular Hbond substituents is 1. The highest BCUT2D eigenvalue weighted by atomic mass is 16.5. The molecule has 0 spiro atoms. The average molecular weight is 558 g/mol. The summed E-state index contributed by atoms with van der Waals surface area (Å²) in [6.07, 6.45) is 8.00.